The van der Waals surface area contributed by atoms with Crippen molar-refractivity contribution in [3.05, 3.63) is 42.5 Å². The van der Waals surface area contributed by atoms with E-state index in [4.69, 9.17) is 4.74 Å². The molecule has 0 unspecified atom stereocenters. The van der Waals surface area contributed by atoms with Crippen molar-refractivity contribution >= 4 is 27.6 Å². The number of nitrogens with zero attached hydrogens (tertiary/aromatic N) is 1. The van der Waals surface area contributed by atoms with Crippen molar-refractivity contribution in [2.24, 2.45) is 0 Å². The first-order chi connectivity index (χ1) is 12.1. The number of ether oxygens (including phenoxy) is 1. The minimum absolute atomic E-state index is 0.00916. The average molecular weight is 377 g/mol. The van der Waals surface area contributed by atoms with E-state index >= 15 is 0 Å². The number of carbonyl (C=O) groups is 1. The molecule has 1 amide bonds. The molecule has 0 radical (unpaired) electrons. The number of anilines is 2. The van der Waals surface area contributed by atoms with Crippen molar-refractivity contribution in [3.63, 3.8) is 0 Å². The molecular formula is C18H23N3O4S. The van der Waals surface area contributed by atoms with E-state index in [2.05, 4.69) is 15.0 Å². The number of amides is 1. The van der Waals surface area contributed by atoms with E-state index in [1.165, 1.54) is 0 Å². The highest BCUT2D eigenvalue weighted by atomic mass is 32.2. The molecule has 0 aliphatic heterocycles. The topological polar surface area (TPSA) is 97.4 Å². The fourth-order valence-electron chi connectivity index (χ4n) is 2.07. The molecule has 0 bridgehead atoms. The Morgan fingerprint density at radius 3 is 2.50 bits per heavy atom. The van der Waals surface area contributed by atoms with E-state index in [0.717, 1.165) is 0 Å². The first-order valence-electron chi connectivity index (χ1n) is 8.16. The maximum Gasteiger partial charge on any atom is 0.413 e. The van der Waals surface area contributed by atoms with Gasteiger partial charge in [0.15, 0.2) is 0 Å². The van der Waals surface area contributed by atoms with Gasteiger partial charge in [-0.2, -0.15) is 0 Å². The maximum atomic E-state index is 11.9. The minimum Gasteiger partial charge on any atom is -0.444 e. The molecule has 1 aromatic carbocycles. The van der Waals surface area contributed by atoms with Gasteiger partial charge >= 0.3 is 6.09 Å². The van der Waals surface area contributed by atoms with Crippen LogP contribution in [0.25, 0.3) is 11.3 Å². The number of rotatable bonds is 5. The second-order valence-corrected chi connectivity index (χ2v) is 8.63. The number of hydrogen-bond acceptors (Lipinski definition) is 5. The van der Waals surface area contributed by atoms with E-state index in [1.54, 1.807) is 64.1 Å². The normalized spacial score (nSPS) is 11.7. The molecule has 140 valence electrons. The lowest BCUT2D eigenvalue weighted by molar-refractivity contribution is 0.0635. The lowest BCUT2D eigenvalue weighted by Gasteiger charge is -2.19. The van der Waals surface area contributed by atoms with Gasteiger partial charge in [0, 0.05) is 11.3 Å². The highest BCUT2D eigenvalue weighted by molar-refractivity contribution is 7.92. The van der Waals surface area contributed by atoms with Gasteiger partial charge in [0.05, 0.1) is 11.4 Å². The zero-order valence-corrected chi connectivity index (χ0v) is 16.1. The third kappa shape index (κ3) is 6.03. The SMILES string of the molecule is CCS(=O)(=O)Nc1cccc(-c2cccc(NC(=O)OC(C)(C)C)n2)c1. The van der Waals surface area contributed by atoms with Crippen LogP contribution in [0, 0.1) is 0 Å². The molecule has 2 N–H and O–H groups in total. The molecule has 1 heterocycles. The van der Waals surface area contributed by atoms with Crippen LogP contribution in [0.1, 0.15) is 27.7 Å². The van der Waals surface area contributed by atoms with Gasteiger partial charge in [-0.3, -0.25) is 10.0 Å². The Morgan fingerprint density at radius 1 is 1.15 bits per heavy atom. The predicted octanol–water partition coefficient (Wildman–Crippen LogP) is 3.86. The molecule has 0 atom stereocenters. The monoisotopic (exact) mass is 377 g/mol. The molecule has 7 nitrogen and oxygen atoms in total. The van der Waals surface area contributed by atoms with Gasteiger partial charge in [-0.1, -0.05) is 18.2 Å². The van der Waals surface area contributed by atoms with Crippen molar-refractivity contribution in [1.29, 1.82) is 0 Å². The Labute approximate surface area is 153 Å². The van der Waals surface area contributed by atoms with Crippen molar-refractivity contribution in [1.82, 2.24) is 4.98 Å². The Bertz CT molecular complexity index is 889. The fraction of sp³-hybridized carbons (Fsp3) is 0.333. The van der Waals surface area contributed by atoms with Gasteiger partial charge in [-0.25, -0.2) is 18.2 Å². The summed E-state index contributed by atoms with van der Waals surface area (Å²) in [6.07, 6.45) is -0.591. The molecule has 8 heteroatoms. The third-order valence-corrected chi connectivity index (χ3v) is 4.50. The first-order valence-corrected chi connectivity index (χ1v) is 9.81. The number of benzene rings is 1. The molecule has 2 aromatic rings. The van der Waals surface area contributed by atoms with Gasteiger partial charge in [0.25, 0.3) is 0 Å². The summed E-state index contributed by atoms with van der Waals surface area (Å²) in [6.45, 7) is 6.90. The second-order valence-electron chi connectivity index (χ2n) is 6.62. The maximum absolute atomic E-state index is 11.9. The number of sulfonamides is 1. The summed E-state index contributed by atoms with van der Waals surface area (Å²) in [4.78, 5) is 16.3. The quantitative estimate of drug-likeness (QED) is 0.825. The fourth-order valence-corrected chi connectivity index (χ4v) is 2.70. The first kappa shape index (κ1) is 19.7. The molecule has 0 spiro atoms. The van der Waals surface area contributed by atoms with E-state index in [9.17, 15) is 13.2 Å². The van der Waals surface area contributed by atoms with Crippen LogP contribution < -0.4 is 10.0 Å². The minimum atomic E-state index is -3.36. The molecule has 0 saturated heterocycles. The summed E-state index contributed by atoms with van der Waals surface area (Å²) in [5, 5.41) is 2.59. The van der Waals surface area contributed by atoms with Crippen LogP contribution in [0.15, 0.2) is 42.5 Å². The van der Waals surface area contributed by atoms with Crippen molar-refractivity contribution in [2.75, 3.05) is 15.8 Å². The van der Waals surface area contributed by atoms with Crippen LogP contribution >= 0.6 is 0 Å². The average Bonchev–Trinajstić information content (AvgIpc) is 2.53. The van der Waals surface area contributed by atoms with Crippen LogP contribution in [0.3, 0.4) is 0 Å². The molecule has 0 aliphatic rings. The summed E-state index contributed by atoms with van der Waals surface area (Å²) in [7, 11) is -3.36. The highest BCUT2D eigenvalue weighted by Gasteiger charge is 2.16. The standard InChI is InChI=1S/C18H23N3O4S/c1-5-26(23,24)21-14-9-6-8-13(12-14)15-10-7-11-16(19-15)20-17(22)25-18(2,3)4/h6-12,21H,5H2,1-4H3,(H,19,20,22). The largest absolute Gasteiger partial charge is 0.444 e. The summed E-state index contributed by atoms with van der Waals surface area (Å²) in [5.74, 6) is 0.335. The number of carbonyl (C=O) groups excluding carboxylic acids is 1. The zero-order valence-electron chi connectivity index (χ0n) is 15.2. The van der Waals surface area contributed by atoms with E-state index in [1.807, 2.05) is 6.07 Å². The Kier molecular flexibility index (Phi) is 5.86. The Hall–Kier alpha value is -2.61. The Balaban J connectivity index is 2.21. The summed E-state index contributed by atoms with van der Waals surface area (Å²) in [6, 6.07) is 12.1. The van der Waals surface area contributed by atoms with Crippen LogP contribution in [-0.2, 0) is 14.8 Å². The van der Waals surface area contributed by atoms with Gasteiger partial charge in [0.1, 0.15) is 11.4 Å². The molecule has 0 fully saturated rings. The third-order valence-electron chi connectivity index (χ3n) is 3.19. The lowest BCUT2D eigenvalue weighted by Crippen LogP contribution is -2.27. The van der Waals surface area contributed by atoms with Crippen LogP contribution in [0.2, 0.25) is 0 Å². The summed E-state index contributed by atoms with van der Waals surface area (Å²) >= 11 is 0. The van der Waals surface area contributed by atoms with Gasteiger partial charge in [-0.05, 0) is 52.0 Å². The second kappa shape index (κ2) is 7.74. The summed E-state index contributed by atoms with van der Waals surface area (Å²) < 4.78 is 31.1. The predicted molar refractivity (Wildman–Crippen MR) is 103 cm³/mol. The van der Waals surface area contributed by atoms with E-state index in [-0.39, 0.29) is 5.75 Å². The lowest BCUT2D eigenvalue weighted by atomic mass is 10.1. The number of hydrogen-bond donors (Lipinski definition) is 2. The molecule has 0 aliphatic carbocycles. The smallest absolute Gasteiger partial charge is 0.413 e. The van der Waals surface area contributed by atoms with Crippen molar-refractivity contribution in [2.45, 2.75) is 33.3 Å². The van der Waals surface area contributed by atoms with Crippen molar-refractivity contribution < 1.29 is 17.9 Å². The number of nitrogens with one attached hydrogen (secondary N) is 2. The van der Waals surface area contributed by atoms with Gasteiger partial charge < -0.3 is 4.74 Å². The molecule has 2 rings (SSSR count). The molecular weight excluding hydrogens is 354 g/mol. The molecule has 26 heavy (non-hydrogen) atoms. The van der Waals surface area contributed by atoms with Crippen LogP contribution in [-0.4, -0.2) is 30.8 Å². The number of pyridine rings is 1. The van der Waals surface area contributed by atoms with E-state index in [0.29, 0.717) is 22.8 Å². The van der Waals surface area contributed by atoms with Gasteiger partial charge in [-0.15, -0.1) is 0 Å². The van der Waals surface area contributed by atoms with Crippen molar-refractivity contribution in [3.8, 4) is 11.3 Å². The highest BCUT2D eigenvalue weighted by Crippen LogP contribution is 2.23. The zero-order chi connectivity index (χ0) is 19.4. The van der Waals surface area contributed by atoms with Gasteiger partial charge in [0.2, 0.25) is 10.0 Å². The molecule has 1 aromatic heterocycles. The van der Waals surface area contributed by atoms with Crippen LogP contribution in [0.5, 0.6) is 0 Å². The number of aromatic nitrogens is 1. The Morgan fingerprint density at radius 2 is 1.85 bits per heavy atom. The van der Waals surface area contributed by atoms with Crippen LogP contribution in [0.4, 0.5) is 16.3 Å². The molecule has 0 saturated carbocycles. The van der Waals surface area contributed by atoms with E-state index < -0.39 is 21.7 Å². The summed E-state index contributed by atoms with van der Waals surface area (Å²) in [5.41, 5.74) is 1.16.